The van der Waals surface area contributed by atoms with E-state index in [1.807, 2.05) is 20.8 Å². The van der Waals surface area contributed by atoms with E-state index in [9.17, 15) is 13.2 Å². The van der Waals surface area contributed by atoms with E-state index in [1.165, 1.54) is 0 Å². The Balaban J connectivity index is 4.42. The summed E-state index contributed by atoms with van der Waals surface area (Å²) in [5, 5.41) is 0. The minimum absolute atomic E-state index is 0.0693. The number of rotatable bonds is 3. The summed E-state index contributed by atoms with van der Waals surface area (Å²) in [6, 6.07) is -0.421. The molecule has 1 atom stereocenters. The van der Waals surface area contributed by atoms with Crippen molar-refractivity contribution >= 4 is 0 Å². The fourth-order valence-corrected chi connectivity index (χ4v) is 1.47. The zero-order valence-electron chi connectivity index (χ0n) is 9.57. The highest BCUT2D eigenvalue weighted by molar-refractivity contribution is 4.75. The number of hydrogen-bond donors (Lipinski definition) is 0. The second kappa shape index (κ2) is 4.51. The number of alkyl halides is 3. The molecule has 4 heteroatoms. The minimum Gasteiger partial charge on any atom is -0.214 e. The molecule has 0 aliphatic rings. The fourth-order valence-electron chi connectivity index (χ4n) is 1.47. The Hall–Kier alpha value is -0.250. The molecule has 1 nitrogen and oxygen atoms in total. The van der Waals surface area contributed by atoms with Crippen LogP contribution in [0.4, 0.5) is 13.2 Å². The van der Waals surface area contributed by atoms with Crippen LogP contribution in [0, 0.1) is 5.41 Å². The van der Waals surface area contributed by atoms with Gasteiger partial charge in [0.1, 0.15) is 0 Å². The minimum atomic E-state index is -4.22. The molecule has 0 aromatic heterocycles. The van der Waals surface area contributed by atoms with Crippen LogP contribution in [0.25, 0.3) is 0 Å². The van der Waals surface area contributed by atoms with E-state index in [4.69, 9.17) is 0 Å². The van der Waals surface area contributed by atoms with Crippen molar-refractivity contribution in [3.8, 4) is 0 Å². The van der Waals surface area contributed by atoms with Crippen LogP contribution in [0.2, 0.25) is 0 Å². The van der Waals surface area contributed by atoms with Crippen LogP contribution in [0.1, 0.15) is 40.5 Å². The van der Waals surface area contributed by atoms with Crippen molar-refractivity contribution in [2.45, 2.75) is 52.9 Å². The molecule has 0 saturated carbocycles. The van der Waals surface area contributed by atoms with Gasteiger partial charge in [0.25, 0.3) is 0 Å². The van der Waals surface area contributed by atoms with Gasteiger partial charge in [0.15, 0.2) is 0 Å². The molecule has 0 bridgehead atoms. The average Bonchev–Trinajstić information content (AvgIpc) is 1.95. The Bertz CT molecular complexity index is 169. The number of nitrogens with zero attached hydrogens (tertiary/aromatic N) is 1. The van der Waals surface area contributed by atoms with Crippen LogP contribution in [-0.4, -0.2) is 24.3 Å². The summed E-state index contributed by atoms with van der Waals surface area (Å²) in [6.07, 6.45) is -3.14. The predicted octanol–water partition coefficient (Wildman–Crippen LogP) is 3.65. The van der Waals surface area contributed by atoms with Crippen LogP contribution in [-0.2, 0) is 0 Å². The largest absolute Gasteiger partial charge is 0.459 e. The molecule has 0 rings (SSSR count). The maximum Gasteiger partial charge on any atom is 0.459 e. The second-order valence-electron chi connectivity index (χ2n) is 4.91. The maximum absolute atomic E-state index is 12.4. The third kappa shape index (κ3) is 4.84. The summed E-state index contributed by atoms with van der Waals surface area (Å²) in [4.78, 5) is 0.512. The van der Waals surface area contributed by atoms with Crippen LogP contribution >= 0.6 is 0 Å². The van der Waals surface area contributed by atoms with Gasteiger partial charge < -0.3 is 0 Å². The van der Waals surface area contributed by atoms with E-state index >= 15 is 0 Å². The first-order valence-electron chi connectivity index (χ1n) is 4.87. The summed E-state index contributed by atoms with van der Waals surface area (Å²) < 4.78 is 37.2. The Morgan fingerprint density at radius 1 is 1.14 bits per heavy atom. The normalized spacial score (nSPS) is 16.1. The predicted molar refractivity (Wildman–Crippen MR) is 52.0 cm³/mol. The molecule has 0 aromatic rings. The highest BCUT2D eigenvalue weighted by Gasteiger charge is 2.39. The first-order chi connectivity index (χ1) is 6.08. The molecule has 0 heterocycles. The van der Waals surface area contributed by atoms with Crippen molar-refractivity contribution in [2.75, 3.05) is 7.05 Å². The monoisotopic (exact) mass is 211 g/mol. The molecule has 0 N–H and O–H groups in total. The van der Waals surface area contributed by atoms with Crippen LogP contribution in [0.3, 0.4) is 0 Å². The van der Waals surface area contributed by atoms with E-state index in [2.05, 4.69) is 0 Å². The molecule has 0 aromatic carbocycles. The van der Waals surface area contributed by atoms with Crippen molar-refractivity contribution in [2.24, 2.45) is 5.41 Å². The van der Waals surface area contributed by atoms with Gasteiger partial charge >= 0.3 is 6.30 Å². The average molecular weight is 211 g/mol. The molecule has 0 unspecified atom stereocenters. The van der Waals surface area contributed by atoms with Crippen LogP contribution in [0.15, 0.2) is 0 Å². The summed E-state index contributed by atoms with van der Waals surface area (Å²) in [7, 11) is 1.12. The zero-order chi connectivity index (χ0) is 11.6. The van der Waals surface area contributed by atoms with Gasteiger partial charge in [-0.15, -0.1) is 0 Å². The lowest BCUT2D eigenvalue weighted by Gasteiger charge is -2.33. The third-order valence-electron chi connectivity index (χ3n) is 2.27. The maximum atomic E-state index is 12.4. The summed E-state index contributed by atoms with van der Waals surface area (Å²) >= 11 is 0. The van der Waals surface area contributed by atoms with Crippen molar-refractivity contribution < 1.29 is 13.2 Å². The molecule has 86 valence electrons. The Morgan fingerprint density at radius 3 is 1.79 bits per heavy atom. The van der Waals surface area contributed by atoms with Gasteiger partial charge in [0, 0.05) is 6.04 Å². The summed E-state index contributed by atoms with van der Waals surface area (Å²) in [5.74, 6) is 0. The van der Waals surface area contributed by atoms with Gasteiger partial charge in [-0.05, 0) is 25.3 Å². The summed E-state index contributed by atoms with van der Waals surface area (Å²) in [6.45, 7) is 7.66. The van der Waals surface area contributed by atoms with Gasteiger partial charge in [-0.3, -0.25) is 0 Å². The van der Waals surface area contributed by atoms with Gasteiger partial charge in [-0.1, -0.05) is 27.7 Å². The highest BCUT2D eigenvalue weighted by atomic mass is 19.4. The molecule has 0 saturated heterocycles. The van der Waals surface area contributed by atoms with E-state index in [0.717, 1.165) is 7.05 Å². The van der Waals surface area contributed by atoms with Crippen LogP contribution < -0.4 is 0 Å². The molecule has 0 aliphatic heterocycles. The van der Waals surface area contributed by atoms with Gasteiger partial charge in [-0.2, -0.15) is 13.2 Å². The molecule has 0 fully saturated rings. The van der Waals surface area contributed by atoms with Crippen molar-refractivity contribution in [1.29, 1.82) is 0 Å². The highest BCUT2D eigenvalue weighted by Crippen LogP contribution is 2.30. The molecule has 0 amide bonds. The Labute approximate surface area is 84.3 Å². The molecular weight excluding hydrogens is 191 g/mol. The van der Waals surface area contributed by atoms with E-state index in [-0.39, 0.29) is 5.41 Å². The topological polar surface area (TPSA) is 3.24 Å². The lowest BCUT2D eigenvalue weighted by atomic mass is 9.87. The standard InChI is InChI=1S/C10H20F3N/c1-6-8(7-9(2,3)4)14(5)10(11,12)13/h8H,6-7H2,1-5H3/t8-/m1/s1. The van der Waals surface area contributed by atoms with Crippen molar-refractivity contribution in [1.82, 2.24) is 4.90 Å². The van der Waals surface area contributed by atoms with Crippen LogP contribution in [0.5, 0.6) is 0 Å². The molecule has 0 radical (unpaired) electrons. The lowest BCUT2D eigenvalue weighted by molar-refractivity contribution is -0.251. The quantitative estimate of drug-likeness (QED) is 0.644. The number of hydrogen-bond acceptors (Lipinski definition) is 1. The van der Waals surface area contributed by atoms with Crippen molar-refractivity contribution in [3.05, 3.63) is 0 Å². The van der Waals surface area contributed by atoms with E-state index in [1.54, 1.807) is 6.92 Å². The van der Waals surface area contributed by atoms with E-state index < -0.39 is 12.3 Å². The van der Waals surface area contributed by atoms with Gasteiger partial charge in [-0.25, -0.2) is 4.90 Å². The zero-order valence-corrected chi connectivity index (χ0v) is 9.57. The summed E-state index contributed by atoms with van der Waals surface area (Å²) in [5.41, 5.74) is -0.0693. The first kappa shape index (κ1) is 13.8. The number of halogens is 3. The molecule has 0 aliphatic carbocycles. The Kier molecular flexibility index (Phi) is 4.43. The van der Waals surface area contributed by atoms with Crippen molar-refractivity contribution in [3.63, 3.8) is 0 Å². The SMILES string of the molecule is CC[C@H](CC(C)(C)C)N(C)C(F)(F)F. The third-order valence-corrected chi connectivity index (χ3v) is 2.27. The molecule has 14 heavy (non-hydrogen) atoms. The van der Waals surface area contributed by atoms with Gasteiger partial charge in [0.05, 0.1) is 0 Å². The fraction of sp³-hybridized carbons (Fsp3) is 1.00. The first-order valence-corrected chi connectivity index (χ1v) is 4.87. The smallest absolute Gasteiger partial charge is 0.214 e. The Morgan fingerprint density at radius 2 is 1.57 bits per heavy atom. The van der Waals surface area contributed by atoms with Gasteiger partial charge in [0.2, 0.25) is 0 Å². The van der Waals surface area contributed by atoms with E-state index in [0.29, 0.717) is 17.7 Å². The molecular formula is C10H20F3N. The lowest BCUT2D eigenvalue weighted by Crippen LogP contribution is -2.43. The molecule has 0 spiro atoms. The second-order valence-corrected chi connectivity index (χ2v) is 4.91.